The zero-order valence-electron chi connectivity index (χ0n) is 24.0. The van der Waals surface area contributed by atoms with E-state index in [1.165, 1.54) is 12.1 Å². The van der Waals surface area contributed by atoms with Crippen molar-refractivity contribution in [2.45, 2.75) is 32.0 Å². The number of ether oxygens (including phenoxy) is 1. The van der Waals surface area contributed by atoms with Crippen molar-refractivity contribution in [3.63, 3.8) is 0 Å². The van der Waals surface area contributed by atoms with Gasteiger partial charge >= 0.3 is 12.2 Å². The maximum atomic E-state index is 13.2. The molecule has 2 saturated heterocycles. The minimum Gasteiger partial charge on any atom is -0.454 e. The molecule has 0 radical (unpaired) electrons. The topological polar surface area (TPSA) is 104 Å². The molecule has 0 unspecified atom stereocenters. The van der Waals surface area contributed by atoms with Crippen LogP contribution in [0, 0.1) is 5.82 Å². The third-order valence-electron chi connectivity index (χ3n) is 7.46. The predicted molar refractivity (Wildman–Crippen MR) is 153 cm³/mol. The van der Waals surface area contributed by atoms with Crippen molar-refractivity contribution in [2.75, 3.05) is 57.7 Å². The molecule has 14 heteroatoms. The van der Waals surface area contributed by atoms with E-state index in [2.05, 4.69) is 25.2 Å². The molecule has 2 aliphatic heterocycles. The molecular weight excluding hydrogens is 582 g/mol. The van der Waals surface area contributed by atoms with E-state index in [1.807, 2.05) is 4.90 Å². The van der Waals surface area contributed by atoms with Crippen LogP contribution in [0.15, 0.2) is 48.5 Å². The first-order valence-corrected chi connectivity index (χ1v) is 14.5. The highest BCUT2D eigenvalue weighted by atomic mass is 19.4. The molecule has 2 aliphatic rings. The zero-order valence-corrected chi connectivity index (χ0v) is 24.0. The average molecular weight is 616 g/mol. The van der Waals surface area contributed by atoms with Crippen LogP contribution in [-0.2, 0) is 11.3 Å². The Morgan fingerprint density at radius 2 is 1.50 bits per heavy atom. The number of carbonyl (C=O) groups excluding carboxylic acids is 2. The van der Waals surface area contributed by atoms with Crippen molar-refractivity contribution in [2.24, 2.45) is 0 Å². The fraction of sp³-hybridized carbons (Fsp3) is 0.433. The van der Waals surface area contributed by atoms with E-state index in [-0.39, 0.29) is 30.1 Å². The lowest BCUT2D eigenvalue weighted by molar-refractivity contribution is -0.154. The van der Waals surface area contributed by atoms with Crippen molar-refractivity contribution in [3.05, 3.63) is 65.5 Å². The van der Waals surface area contributed by atoms with Crippen molar-refractivity contribution >= 4 is 17.8 Å². The summed E-state index contributed by atoms with van der Waals surface area (Å²) in [7, 11) is 0. The highest BCUT2D eigenvalue weighted by Crippen LogP contribution is 2.23. The first-order valence-electron chi connectivity index (χ1n) is 14.5. The van der Waals surface area contributed by atoms with E-state index in [1.54, 1.807) is 41.3 Å². The Labute approximate surface area is 252 Å². The summed E-state index contributed by atoms with van der Waals surface area (Å²) in [5.74, 6) is -0.412. The Kier molecular flexibility index (Phi) is 9.88. The van der Waals surface area contributed by atoms with Gasteiger partial charge in [0.05, 0.1) is 6.54 Å². The van der Waals surface area contributed by atoms with Gasteiger partial charge in [0, 0.05) is 56.9 Å². The molecule has 2 amide bonds. The van der Waals surface area contributed by atoms with E-state index in [9.17, 15) is 27.2 Å². The van der Waals surface area contributed by atoms with E-state index in [0.29, 0.717) is 49.4 Å². The van der Waals surface area contributed by atoms with E-state index < -0.39 is 24.6 Å². The fourth-order valence-electron chi connectivity index (χ4n) is 5.05. The molecule has 0 aliphatic carbocycles. The highest BCUT2D eigenvalue weighted by molar-refractivity contribution is 5.94. The van der Waals surface area contributed by atoms with Crippen LogP contribution in [-0.4, -0.2) is 100 Å². The minimum atomic E-state index is -4.59. The Hall–Kier alpha value is -4.33. The fourth-order valence-corrected chi connectivity index (χ4v) is 5.05. The molecule has 3 heterocycles. The SMILES string of the molecule is O=C(CN1CCN(C(=O)c2ccc(-c3nc(NCc4ccc(F)cc4)nc(OCC(F)(F)F)n3)cc2)CC1)N1CCCCC1. The lowest BCUT2D eigenvalue weighted by Crippen LogP contribution is -2.52. The molecule has 0 spiro atoms. The molecule has 10 nitrogen and oxygen atoms in total. The predicted octanol–water partition coefficient (Wildman–Crippen LogP) is 4.00. The number of carbonyl (C=O) groups is 2. The maximum Gasteiger partial charge on any atom is 0.422 e. The van der Waals surface area contributed by atoms with Crippen LogP contribution < -0.4 is 10.1 Å². The summed E-state index contributed by atoms with van der Waals surface area (Å²) in [5, 5.41) is 2.90. The Balaban J connectivity index is 1.22. The molecule has 0 saturated carbocycles. The number of anilines is 1. The Bertz CT molecular complexity index is 1420. The first-order chi connectivity index (χ1) is 21.1. The average Bonchev–Trinajstić information content (AvgIpc) is 3.03. The van der Waals surface area contributed by atoms with Gasteiger partial charge in [-0.05, 0) is 49.1 Å². The van der Waals surface area contributed by atoms with Gasteiger partial charge < -0.3 is 19.9 Å². The maximum absolute atomic E-state index is 13.2. The molecule has 1 aromatic heterocycles. The Morgan fingerprint density at radius 3 is 2.16 bits per heavy atom. The van der Waals surface area contributed by atoms with Crippen LogP contribution in [0.2, 0.25) is 0 Å². The standard InChI is InChI=1S/C30H33F4N7O3/c31-24-10-4-21(5-11-24)18-35-28-36-26(37-29(38-28)44-20-30(32,33)34)22-6-8-23(9-7-22)27(43)41-16-14-39(15-17-41)19-25(42)40-12-2-1-3-13-40/h4-11H,1-3,12-20H2,(H,35,36,37,38). The van der Waals surface area contributed by atoms with Gasteiger partial charge in [0.2, 0.25) is 11.9 Å². The number of hydrogen-bond acceptors (Lipinski definition) is 8. The van der Waals surface area contributed by atoms with Gasteiger partial charge in [-0.25, -0.2) is 4.39 Å². The van der Waals surface area contributed by atoms with E-state index in [0.717, 1.165) is 32.4 Å². The number of amides is 2. The van der Waals surface area contributed by atoms with Gasteiger partial charge in [-0.15, -0.1) is 0 Å². The molecule has 2 fully saturated rings. The van der Waals surface area contributed by atoms with Crippen LogP contribution in [0.25, 0.3) is 11.4 Å². The van der Waals surface area contributed by atoms with E-state index in [4.69, 9.17) is 4.74 Å². The number of piperidine rings is 1. The molecule has 5 rings (SSSR count). The molecular formula is C30H33F4N7O3. The summed E-state index contributed by atoms with van der Waals surface area (Å²) in [6.45, 7) is 2.76. The largest absolute Gasteiger partial charge is 0.454 e. The summed E-state index contributed by atoms with van der Waals surface area (Å²) in [6.07, 6.45) is -1.34. The van der Waals surface area contributed by atoms with Gasteiger partial charge in [0.1, 0.15) is 5.82 Å². The van der Waals surface area contributed by atoms with Gasteiger partial charge in [-0.2, -0.15) is 28.1 Å². The van der Waals surface area contributed by atoms with Crippen molar-refractivity contribution in [1.82, 2.24) is 29.7 Å². The number of aromatic nitrogens is 3. The number of likely N-dealkylation sites (tertiary alicyclic amines) is 1. The molecule has 234 valence electrons. The first kappa shape index (κ1) is 31.1. The number of rotatable bonds is 9. The van der Waals surface area contributed by atoms with Gasteiger partial charge in [0.25, 0.3) is 5.91 Å². The summed E-state index contributed by atoms with van der Waals surface area (Å²) < 4.78 is 56.4. The van der Waals surface area contributed by atoms with Crippen molar-refractivity contribution in [3.8, 4) is 17.4 Å². The van der Waals surface area contributed by atoms with Gasteiger partial charge in [-0.3, -0.25) is 14.5 Å². The summed E-state index contributed by atoms with van der Waals surface area (Å²) in [6, 6.07) is 11.6. The zero-order chi connectivity index (χ0) is 31.1. The third kappa shape index (κ3) is 8.62. The van der Waals surface area contributed by atoms with Crippen molar-refractivity contribution in [1.29, 1.82) is 0 Å². The number of halogens is 4. The number of hydrogen-bond donors (Lipinski definition) is 1. The monoisotopic (exact) mass is 615 g/mol. The minimum absolute atomic E-state index is 0.0340. The third-order valence-corrected chi connectivity index (χ3v) is 7.46. The molecule has 0 atom stereocenters. The number of alkyl halides is 3. The molecule has 0 bridgehead atoms. The van der Waals surface area contributed by atoms with Crippen LogP contribution in [0.3, 0.4) is 0 Å². The number of nitrogens with zero attached hydrogens (tertiary/aromatic N) is 6. The van der Waals surface area contributed by atoms with E-state index >= 15 is 0 Å². The lowest BCUT2D eigenvalue weighted by Gasteiger charge is -2.36. The highest BCUT2D eigenvalue weighted by Gasteiger charge is 2.29. The molecule has 44 heavy (non-hydrogen) atoms. The second-order valence-electron chi connectivity index (χ2n) is 10.7. The van der Waals surface area contributed by atoms with Crippen LogP contribution in [0.5, 0.6) is 6.01 Å². The smallest absolute Gasteiger partial charge is 0.422 e. The molecule has 2 aromatic carbocycles. The van der Waals surface area contributed by atoms with Crippen LogP contribution in [0.1, 0.15) is 35.2 Å². The summed E-state index contributed by atoms with van der Waals surface area (Å²) >= 11 is 0. The summed E-state index contributed by atoms with van der Waals surface area (Å²) in [5.41, 5.74) is 1.57. The molecule has 3 aromatic rings. The normalized spacial score (nSPS) is 16.1. The van der Waals surface area contributed by atoms with Gasteiger partial charge in [-0.1, -0.05) is 24.3 Å². The number of benzene rings is 2. The summed E-state index contributed by atoms with van der Waals surface area (Å²) in [4.78, 5) is 43.8. The number of piperazine rings is 1. The molecule has 1 N–H and O–H groups in total. The van der Waals surface area contributed by atoms with Crippen LogP contribution >= 0.6 is 0 Å². The second-order valence-corrected chi connectivity index (χ2v) is 10.7. The Morgan fingerprint density at radius 1 is 0.818 bits per heavy atom. The van der Waals surface area contributed by atoms with Crippen LogP contribution in [0.4, 0.5) is 23.5 Å². The van der Waals surface area contributed by atoms with Crippen molar-refractivity contribution < 1.29 is 31.9 Å². The lowest BCUT2D eigenvalue weighted by atomic mass is 10.1. The number of nitrogens with one attached hydrogen (secondary N) is 1. The second kappa shape index (κ2) is 14.0. The van der Waals surface area contributed by atoms with Gasteiger partial charge in [0.15, 0.2) is 12.4 Å². The quantitative estimate of drug-likeness (QED) is 0.361.